The molecule has 2 rings (SSSR count). The molecule has 0 bridgehead atoms. The molecule has 0 spiro atoms. The number of hydrogen-bond acceptors (Lipinski definition) is 1. The van der Waals surface area contributed by atoms with Gasteiger partial charge in [-0.3, -0.25) is 4.79 Å². The Morgan fingerprint density at radius 1 is 1.31 bits per heavy atom. The number of benzene rings is 1. The Morgan fingerprint density at radius 3 is 2.75 bits per heavy atom. The fourth-order valence-electron chi connectivity index (χ4n) is 2.07. The van der Waals surface area contributed by atoms with Crippen LogP contribution in [-0.2, 0) is 11.2 Å². The van der Waals surface area contributed by atoms with Crippen molar-refractivity contribution >= 4 is 21.8 Å². The molecule has 0 atom stereocenters. The van der Waals surface area contributed by atoms with Crippen molar-refractivity contribution in [3.05, 3.63) is 34.3 Å². The monoisotopic (exact) mass is 281 g/mol. The fourth-order valence-corrected chi connectivity index (χ4v) is 2.52. The van der Waals surface area contributed by atoms with Crippen LogP contribution >= 0.6 is 15.9 Å². The van der Waals surface area contributed by atoms with Crippen LogP contribution in [-0.4, -0.2) is 23.9 Å². The number of nitrogens with zero attached hydrogens (tertiary/aromatic N) is 1. The molecule has 0 unspecified atom stereocenters. The average Bonchev–Trinajstić information content (AvgIpc) is 2.79. The molecule has 16 heavy (non-hydrogen) atoms. The third-order valence-electron chi connectivity index (χ3n) is 2.98. The summed E-state index contributed by atoms with van der Waals surface area (Å²) in [7, 11) is 0. The highest BCUT2D eigenvalue weighted by molar-refractivity contribution is 9.10. The van der Waals surface area contributed by atoms with Crippen LogP contribution < -0.4 is 0 Å². The summed E-state index contributed by atoms with van der Waals surface area (Å²) in [6, 6.07) is 8.17. The molecule has 0 radical (unpaired) electrons. The van der Waals surface area contributed by atoms with Gasteiger partial charge in [-0.25, -0.2) is 0 Å². The van der Waals surface area contributed by atoms with Crippen LogP contribution in [0.3, 0.4) is 0 Å². The maximum Gasteiger partial charge on any atom is 0.222 e. The van der Waals surface area contributed by atoms with Crippen molar-refractivity contribution in [2.75, 3.05) is 13.1 Å². The molecular weight excluding hydrogens is 266 g/mol. The lowest BCUT2D eigenvalue weighted by atomic mass is 10.1. The number of hydrogen-bond donors (Lipinski definition) is 0. The van der Waals surface area contributed by atoms with Gasteiger partial charge in [-0.1, -0.05) is 28.1 Å². The van der Waals surface area contributed by atoms with Gasteiger partial charge >= 0.3 is 0 Å². The standard InChI is InChI=1S/C13H16BrNO/c14-12-5-3-4-11(10-12)6-7-13(16)15-8-1-2-9-15/h3-5,10H,1-2,6-9H2. The predicted octanol–water partition coefficient (Wildman–Crippen LogP) is 3.00. The van der Waals surface area contributed by atoms with E-state index in [-0.39, 0.29) is 0 Å². The Kier molecular flexibility index (Phi) is 3.99. The Labute approximate surface area is 105 Å². The van der Waals surface area contributed by atoms with E-state index in [1.54, 1.807) is 0 Å². The van der Waals surface area contributed by atoms with Crippen LogP contribution in [0.5, 0.6) is 0 Å². The highest BCUT2D eigenvalue weighted by atomic mass is 79.9. The molecule has 1 saturated heterocycles. The lowest BCUT2D eigenvalue weighted by Crippen LogP contribution is -2.27. The summed E-state index contributed by atoms with van der Waals surface area (Å²) in [6.07, 6.45) is 3.82. The minimum Gasteiger partial charge on any atom is -0.343 e. The van der Waals surface area contributed by atoms with Gasteiger partial charge in [0.25, 0.3) is 0 Å². The van der Waals surface area contributed by atoms with Crippen LogP contribution in [0.15, 0.2) is 28.7 Å². The SMILES string of the molecule is O=C(CCc1cccc(Br)c1)N1CCCC1. The first-order valence-corrected chi connectivity index (χ1v) is 6.57. The Bertz CT molecular complexity index is 372. The maximum absolute atomic E-state index is 11.8. The molecule has 86 valence electrons. The zero-order valence-corrected chi connectivity index (χ0v) is 10.9. The van der Waals surface area contributed by atoms with Crippen LogP contribution in [0.1, 0.15) is 24.8 Å². The summed E-state index contributed by atoms with van der Waals surface area (Å²) in [5, 5.41) is 0. The van der Waals surface area contributed by atoms with E-state index in [0.717, 1.165) is 24.0 Å². The Balaban J connectivity index is 1.84. The van der Waals surface area contributed by atoms with Gasteiger partial charge in [-0.2, -0.15) is 0 Å². The Hall–Kier alpha value is -0.830. The van der Waals surface area contributed by atoms with Crippen LogP contribution in [0.25, 0.3) is 0 Å². The Morgan fingerprint density at radius 2 is 2.06 bits per heavy atom. The second-order valence-corrected chi connectivity index (χ2v) is 5.13. The second kappa shape index (κ2) is 5.48. The molecule has 1 aromatic carbocycles. The van der Waals surface area contributed by atoms with Gasteiger partial charge in [0.1, 0.15) is 0 Å². The van der Waals surface area contributed by atoms with Gasteiger partial charge in [-0.15, -0.1) is 0 Å². The van der Waals surface area contributed by atoms with Crippen LogP contribution in [0, 0.1) is 0 Å². The van der Waals surface area contributed by atoms with Crippen molar-refractivity contribution in [2.24, 2.45) is 0 Å². The van der Waals surface area contributed by atoms with Gasteiger partial charge in [-0.05, 0) is 37.0 Å². The quantitative estimate of drug-likeness (QED) is 0.834. The van der Waals surface area contributed by atoms with E-state index in [0.29, 0.717) is 12.3 Å². The first-order chi connectivity index (χ1) is 7.75. The van der Waals surface area contributed by atoms with Crippen molar-refractivity contribution in [3.8, 4) is 0 Å². The minimum atomic E-state index is 0.303. The topological polar surface area (TPSA) is 20.3 Å². The van der Waals surface area contributed by atoms with Crippen LogP contribution in [0.2, 0.25) is 0 Å². The van der Waals surface area contributed by atoms with E-state index in [9.17, 15) is 4.79 Å². The lowest BCUT2D eigenvalue weighted by Gasteiger charge is -2.14. The maximum atomic E-state index is 11.8. The molecule has 1 aliphatic rings. The highest BCUT2D eigenvalue weighted by Crippen LogP contribution is 2.14. The number of halogens is 1. The first kappa shape index (κ1) is 11.6. The number of amides is 1. The van der Waals surface area contributed by atoms with E-state index in [1.165, 1.54) is 18.4 Å². The summed E-state index contributed by atoms with van der Waals surface area (Å²) in [5.74, 6) is 0.303. The van der Waals surface area contributed by atoms with E-state index >= 15 is 0 Å². The normalized spacial score (nSPS) is 15.4. The van der Waals surface area contributed by atoms with Gasteiger partial charge in [0.2, 0.25) is 5.91 Å². The third-order valence-corrected chi connectivity index (χ3v) is 3.47. The molecule has 1 aliphatic heterocycles. The van der Waals surface area contributed by atoms with Crippen molar-refractivity contribution in [1.29, 1.82) is 0 Å². The smallest absolute Gasteiger partial charge is 0.222 e. The number of carbonyl (C=O) groups is 1. The van der Waals surface area contributed by atoms with E-state index < -0.39 is 0 Å². The van der Waals surface area contributed by atoms with Crippen molar-refractivity contribution < 1.29 is 4.79 Å². The molecule has 0 saturated carbocycles. The molecule has 0 aromatic heterocycles. The zero-order chi connectivity index (χ0) is 11.4. The second-order valence-electron chi connectivity index (χ2n) is 4.22. The number of likely N-dealkylation sites (tertiary alicyclic amines) is 1. The summed E-state index contributed by atoms with van der Waals surface area (Å²) < 4.78 is 1.08. The minimum absolute atomic E-state index is 0.303. The molecule has 0 aliphatic carbocycles. The first-order valence-electron chi connectivity index (χ1n) is 5.78. The average molecular weight is 282 g/mol. The largest absolute Gasteiger partial charge is 0.343 e. The van der Waals surface area contributed by atoms with E-state index in [4.69, 9.17) is 0 Å². The molecule has 2 nitrogen and oxygen atoms in total. The van der Waals surface area contributed by atoms with Gasteiger partial charge in [0.15, 0.2) is 0 Å². The summed E-state index contributed by atoms with van der Waals surface area (Å²) >= 11 is 3.44. The molecule has 1 heterocycles. The molecule has 0 N–H and O–H groups in total. The number of rotatable bonds is 3. The van der Waals surface area contributed by atoms with Crippen LogP contribution in [0.4, 0.5) is 0 Å². The predicted molar refractivity (Wildman–Crippen MR) is 68.3 cm³/mol. The lowest BCUT2D eigenvalue weighted by molar-refractivity contribution is -0.130. The van der Waals surface area contributed by atoms with Crippen molar-refractivity contribution in [2.45, 2.75) is 25.7 Å². The van der Waals surface area contributed by atoms with Gasteiger partial charge in [0, 0.05) is 24.0 Å². The van der Waals surface area contributed by atoms with E-state index in [2.05, 4.69) is 28.1 Å². The van der Waals surface area contributed by atoms with Gasteiger partial charge in [0.05, 0.1) is 0 Å². The number of carbonyl (C=O) groups excluding carboxylic acids is 1. The van der Waals surface area contributed by atoms with Crippen molar-refractivity contribution in [1.82, 2.24) is 4.90 Å². The van der Waals surface area contributed by atoms with Crippen molar-refractivity contribution in [3.63, 3.8) is 0 Å². The fraction of sp³-hybridized carbons (Fsp3) is 0.462. The van der Waals surface area contributed by atoms with E-state index in [1.807, 2.05) is 17.0 Å². The zero-order valence-electron chi connectivity index (χ0n) is 9.29. The molecular formula is C13H16BrNO. The summed E-state index contributed by atoms with van der Waals surface area (Å²) in [5.41, 5.74) is 1.22. The molecule has 1 fully saturated rings. The highest BCUT2D eigenvalue weighted by Gasteiger charge is 2.17. The van der Waals surface area contributed by atoms with Gasteiger partial charge < -0.3 is 4.90 Å². The third kappa shape index (κ3) is 3.08. The molecule has 1 amide bonds. The molecule has 3 heteroatoms. The number of aryl methyl sites for hydroxylation is 1. The molecule has 1 aromatic rings. The summed E-state index contributed by atoms with van der Waals surface area (Å²) in [6.45, 7) is 1.91. The summed E-state index contributed by atoms with van der Waals surface area (Å²) in [4.78, 5) is 13.8.